The maximum absolute atomic E-state index is 13.1. The van der Waals surface area contributed by atoms with Crippen molar-refractivity contribution in [1.82, 2.24) is 15.1 Å². The number of amides is 4. The highest BCUT2D eigenvalue weighted by molar-refractivity contribution is 6.09. The summed E-state index contributed by atoms with van der Waals surface area (Å²) in [7, 11) is 3.18. The van der Waals surface area contributed by atoms with Gasteiger partial charge in [-0.3, -0.25) is 14.5 Å². The molecule has 0 bridgehead atoms. The summed E-state index contributed by atoms with van der Waals surface area (Å²) in [5.74, 6) is 0.867. The molecule has 1 saturated carbocycles. The zero-order valence-corrected chi connectivity index (χ0v) is 16.9. The van der Waals surface area contributed by atoms with E-state index in [2.05, 4.69) is 5.32 Å². The molecule has 4 rings (SSSR count). The van der Waals surface area contributed by atoms with Gasteiger partial charge in [0.05, 0.1) is 20.3 Å². The summed E-state index contributed by atoms with van der Waals surface area (Å²) in [5, 5.41) is 2.83. The van der Waals surface area contributed by atoms with E-state index in [1.165, 1.54) is 0 Å². The van der Waals surface area contributed by atoms with E-state index in [0.717, 1.165) is 36.1 Å². The number of nitrogens with zero attached hydrogens (tertiary/aromatic N) is 2. The van der Waals surface area contributed by atoms with Crippen LogP contribution in [0, 0.1) is 0 Å². The molecule has 1 aromatic rings. The van der Waals surface area contributed by atoms with E-state index in [1.54, 1.807) is 25.2 Å². The second kappa shape index (κ2) is 7.57. The first-order valence-corrected chi connectivity index (χ1v) is 10.1. The average molecular weight is 401 g/mol. The molecule has 8 heteroatoms. The SMILES string of the molecule is COc1ccc(C2CCCN2C(=O)CN2C(=O)NC3(CCCC3)C2=O)c(OC)c1. The lowest BCUT2D eigenvalue weighted by atomic mass is 9.98. The van der Waals surface area contributed by atoms with Gasteiger partial charge in [0.2, 0.25) is 5.91 Å². The molecule has 1 N–H and O–H groups in total. The number of methoxy groups -OCH3 is 2. The molecule has 0 aromatic heterocycles. The quantitative estimate of drug-likeness (QED) is 0.765. The Morgan fingerprint density at radius 1 is 1.17 bits per heavy atom. The molecule has 1 aromatic carbocycles. The minimum atomic E-state index is -0.791. The molecular weight excluding hydrogens is 374 g/mol. The number of hydrogen-bond acceptors (Lipinski definition) is 5. The summed E-state index contributed by atoms with van der Waals surface area (Å²) in [6.45, 7) is 0.370. The summed E-state index contributed by atoms with van der Waals surface area (Å²) in [6, 6.07) is 4.96. The first-order valence-electron chi connectivity index (χ1n) is 10.1. The molecule has 2 saturated heterocycles. The van der Waals surface area contributed by atoms with Gasteiger partial charge >= 0.3 is 6.03 Å². The highest BCUT2D eigenvalue weighted by Crippen LogP contribution is 2.39. The monoisotopic (exact) mass is 401 g/mol. The van der Waals surface area contributed by atoms with Crippen molar-refractivity contribution in [3.63, 3.8) is 0 Å². The van der Waals surface area contributed by atoms with Crippen LogP contribution >= 0.6 is 0 Å². The van der Waals surface area contributed by atoms with E-state index in [-0.39, 0.29) is 24.4 Å². The number of hydrogen-bond donors (Lipinski definition) is 1. The summed E-state index contributed by atoms with van der Waals surface area (Å²) in [6.07, 6.45) is 4.79. The number of urea groups is 1. The van der Waals surface area contributed by atoms with Crippen LogP contribution in [0.3, 0.4) is 0 Å². The minimum absolute atomic E-state index is 0.149. The summed E-state index contributed by atoms with van der Waals surface area (Å²) < 4.78 is 10.8. The van der Waals surface area contributed by atoms with Crippen LogP contribution in [-0.4, -0.2) is 60.5 Å². The molecule has 1 spiro atoms. The highest BCUT2D eigenvalue weighted by atomic mass is 16.5. The number of ether oxygens (including phenoxy) is 2. The number of rotatable bonds is 5. The summed E-state index contributed by atoms with van der Waals surface area (Å²) >= 11 is 0. The van der Waals surface area contributed by atoms with Crippen molar-refractivity contribution in [3.8, 4) is 11.5 Å². The van der Waals surface area contributed by atoms with E-state index in [1.807, 2.05) is 12.1 Å². The largest absolute Gasteiger partial charge is 0.497 e. The third-order valence-corrected chi connectivity index (χ3v) is 6.37. The Bertz CT molecular complexity index is 834. The molecule has 29 heavy (non-hydrogen) atoms. The van der Waals surface area contributed by atoms with Crippen LogP contribution in [0.4, 0.5) is 4.79 Å². The molecule has 8 nitrogen and oxygen atoms in total. The molecular formula is C21H27N3O5. The second-order valence-electron chi connectivity index (χ2n) is 7.96. The van der Waals surface area contributed by atoms with Crippen LogP contribution in [-0.2, 0) is 9.59 Å². The fourth-order valence-electron chi connectivity index (χ4n) is 4.85. The summed E-state index contributed by atoms with van der Waals surface area (Å²) in [5.41, 5.74) is 0.115. The first-order chi connectivity index (χ1) is 14.0. The molecule has 3 aliphatic rings. The smallest absolute Gasteiger partial charge is 0.325 e. The Hall–Kier alpha value is -2.77. The number of likely N-dealkylation sites (tertiary alicyclic amines) is 1. The zero-order chi connectivity index (χ0) is 20.6. The van der Waals surface area contributed by atoms with Crippen molar-refractivity contribution in [2.24, 2.45) is 0 Å². The van der Waals surface area contributed by atoms with Gasteiger partial charge in [0.1, 0.15) is 23.6 Å². The van der Waals surface area contributed by atoms with E-state index in [4.69, 9.17) is 9.47 Å². The normalized spacial score (nSPS) is 23.0. The Balaban J connectivity index is 1.52. The van der Waals surface area contributed by atoms with Gasteiger partial charge in [0.25, 0.3) is 5.91 Å². The van der Waals surface area contributed by atoms with Crippen molar-refractivity contribution in [2.45, 2.75) is 50.1 Å². The maximum Gasteiger partial charge on any atom is 0.325 e. The molecule has 3 fully saturated rings. The third-order valence-electron chi connectivity index (χ3n) is 6.37. The highest BCUT2D eigenvalue weighted by Gasteiger charge is 2.53. The lowest BCUT2D eigenvalue weighted by Gasteiger charge is -2.28. The molecule has 0 radical (unpaired) electrons. The Kier molecular flexibility index (Phi) is 5.10. The Morgan fingerprint density at radius 3 is 2.62 bits per heavy atom. The van der Waals surface area contributed by atoms with Crippen molar-refractivity contribution in [1.29, 1.82) is 0 Å². The van der Waals surface area contributed by atoms with Crippen molar-refractivity contribution in [2.75, 3.05) is 27.3 Å². The molecule has 1 unspecified atom stereocenters. The predicted octanol–water partition coefficient (Wildman–Crippen LogP) is 2.23. The average Bonchev–Trinajstić information content (AvgIpc) is 3.45. The third kappa shape index (κ3) is 3.30. The van der Waals surface area contributed by atoms with Gasteiger partial charge in [-0.25, -0.2) is 4.79 Å². The van der Waals surface area contributed by atoms with Crippen molar-refractivity contribution < 1.29 is 23.9 Å². The van der Waals surface area contributed by atoms with Crippen LogP contribution in [0.1, 0.15) is 50.1 Å². The fourth-order valence-corrected chi connectivity index (χ4v) is 4.85. The van der Waals surface area contributed by atoms with E-state index in [0.29, 0.717) is 30.9 Å². The molecule has 2 heterocycles. The van der Waals surface area contributed by atoms with Gasteiger partial charge in [-0.2, -0.15) is 0 Å². The van der Waals surface area contributed by atoms with Crippen LogP contribution in [0.5, 0.6) is 11.5 Å². The van der Waals surface area contributed by atoms with Crippen LogP contribution in [0.25, 0.3) is 0 Å². The number of carbonyl (C=O) groups excluding carboxylic acids is 3. The number of imide groups is 1. The summed E-state index contributed by atoms with van der Waals surface area (Å²) in [4.78, 5) is 41.2. The van der Waals surface area contributed by atoms with E-state index in [9.17, 15) is 14.4 Å². The van der Waals surface area contributed by atoms with Gasteiger partial charge < -0.3 is 19.7 Å². The van der Waals surface area contributed by atoms with Crippen LogP contribution < -0.4 is 14.8 Å². The minimum Gasteiger partial charge on any atom is -0.497 e. The van der Waals surface area contributed by atoms with Gasteiger partial charge in [-0.15, -0.1) is 0 Å². The predicted molar refractivity (Wildman–Crippen MR) is 105 cm³/mol. The Morgan fingerprint density at radius 2 is 1.93 bits per heavy atom. The van der Waals surface area contributed by atoms with Gasteiger partial charge in [-0.1, -0.05) is 12.8 Å². The second-order valence-corrected chi connectivity index (χ2v) is 7.96. The molecule has 1 atom stereocenters. The number of nitrogens with one attached hydrogen (secondary N) is 1. The van der Waals surface area contributed by atoms with Crippen LogP contribution in [0.2, 0.25) is 0 Å². The van der Waals surface area contributed by atoms with E-state index < -0.39 is 11.6 Å². The fraction of sp³-hybridized carbons (Fsp3) is 0.571. The maximum atomic E-state index is 13.1. The van der Waals surface area contributed by atoms with Gasteiger partial charge in [0.15, 0.2) is 0 Å². The lowest BCUT2D eigenvalue weighted by Crippen LogP contribution is -2.46. The molecule has 4 amide bonds. The van der Waals surface area contributed by atoms with E-state index >= 15 is 0 Å². The number of carbonyl (C=O) groups is 3. The molecule has 1 aliphatic carbocycles. The topological polar surface area (TPSA) is 88.2 Å². The first kappa shape index (κ1) is 19.5. The lowest BCUT2D eigenvalue weighted by molar-refractivity contribution is -0.139. The van der Waals surface area contributed by atoms with Crippen molar-refractivity contribution in [3.05, 3.63) is 23.8 Å². The van der Waals surface area contributed by atoms with Crippen LogP contribution in [0.15, 0.2) is 18.2 Å². The van der Waals surface area contributed by atoms with Gasteiger partial charge in [0, 0.05) is 18.2 Å². The Labute approximate surface area is 170 Å². The zero-order valence-electron chi connectivity index (χ0n) is 16.9. The van der Waals surface area contributed by atoms with Gasteiger partial charge in [-0.05, 0) is 37.8 Å². The number of benzene rings is 1. The van der Waals surface area contributed by atoms with Crippen molar-refractivity contribution >= 4 is 17.8 Å². The molecule has 2 aliphatic heterocycles. The standard InChI is InChI=1S/C21H27N3O5/c1-28-14-7-8-15(17(12-14)29-2)16-6-5-11-23(16)18(25)13-24-19(26)21(22-20(24)27)9-3-4-10-21/h7-8,12,16H,3-6,9-11,13H2,1-2H3,(H,22,27). The molecule has 156 valence electrons.